The summed E-state index contributed by atoms with van der Waals surface area (Å²) in [6.45, 7) is 5.40. The molecule has 1 saturated heterocycles. The quantitative estimate of drug-likeness (QED) is 0.149. The van der Waals surface area contributed by atoms with Crippen LogP contribution in [0.4, 0.5) is 0 Å². The molecular weight excluding hydrogens is 578 g/mol. The van der Waals surface area contributed by atoms with Crippen molar-refractivity contribution in [3.05, 3.63) is 33.1 Å². The number of nitrogens with zero attached hydrogens (tertiary/aromatic N) is 1. The third kappa shape index (κ3) is 8.18. The molecular formula is C21H36N4O13P2. The summed E-state index contributed by atoms with van der Waals surface area (Å²) >= 11 is 0. The van der Waals surface area contributed by atoms with Gasteiger partial charge in [0.25, 0.3) is 11.5 Å². The van der Waals surface area contributed by atoms with Crippen LogP contribution >= 0.6 is 15.2 Å². The average Bonchev–Trinajstić information content (AvgIpc) is 3.17. The average molecular weight is 614 g/mol. The summed E-state index contributed by atoms with van der Waals surface area (Å²) in [6.07, 6.45) is -5.92. The number of aromatic nitrogens is 2. The minimum Gasteiger partial charge on any atom is -0.387 e. The first kappa shape index (κ1) is 34.0. The fourth-order valence-corrected chi connectivity index (χ4v) is 8.70. The highest BCUT2D eigenvalue weighted by Gasteiger charge is 2.52. The van der Waals surface area contributed by atoms with Gasteiger partial charge in [0, 0.05) is 25.2 Å². The van der Waals surface area contributed by atoms with E-state index in [1.54, 1.807) is 0 Å². The van der Waals surface area contributed by atoms with Crippen LogP contribution in [-0.2, 0) is 41.6 Å². The lowest BCUT2D eigenvalue weighted by Crippen LogP contribution is -2.44. The van der Waals surface area contributed by atoms with Gasteiger partial charge in [0.2, 0.25) is 11.4 Å². The van der Waals surface area contributed by atoms with Gasteiger partial charge in [0.05, 0.1) is 26.4 Å². The van der Waals surface area contributed by atoms with Crippen molar-refractivity contribution >= 4 is 27.0 Å². The summed E-state index contributed by atoms with van der Waals surface area (Å²) in [5.41, 5.74) is -3.42. The zero-order valence-corrected chi connectivity index (χ0v) is 24.3. The molecule has 2 amide bonds. The van der Waals surface area contributed by atoms with E-state index in [1.807, 2.05) is 4.98 Å². The molecule has 2 heterocycles. The van der Waals surface area contributed by atoms with Gasteiger partial charge in [-0.2, -0.15) is 0 Å². The highest BCUT2D eigenvalue weighted by Crippen LogP contribution is 2.69. The molecule has 2 rings (SSSR count). The first-order chi connectivity index (χ1) is 18.9. The minimum atomic E-state index is -4.25. The highest BCUT2D eigenvalue weighted by molar-refractivity contribution is 7.72. The second-order valence-electron chi connectivity index (χ2n) is 8.18. The molecule has 0 bridgehead atoms. The summed E-state index contributed by atoms with van der Waals surface area (Å²) in [5, 5.41) is 25.3. The molecule has 40 heavy (non-hydrogen) atoms. The zero-order chi connectivity index (χ0) is 30.1. The Hall–Kier alpha value is -2.20. The molecule has 0 saturated carbocycles. The van der Waals surface area contributed by atoms with Gasteiger partial charge in [0.1, 0.15) is 12.2 Å². The van der Waals surface area contributed by atoms with E-state index in [-0.39, 0.29) is 33.0 Å². The predicted octanol–water partition coefficient (Wildman–Crippen LogP) is -0.406. The first-order valence-corrected chi connectivity index (χ1v) is 15.8. The van der Waals surface area contributed by atoms with Gasteiger partial charge >= 0.3 is 20.9 Å². The summed E-state index contributed by atoms with van der Waals surface area (Å²) in [5.74, 6) is -1.74. The molecule has 2 unspecified atom stereocenters. The largest absolute Gasteiger partial charge is 0.387 e. The molecule has 0 aliphatic carbocycles. The molecule has 1 aromatic rings. The van der Waals surface area contributed by atoms with E-state index in [0.717, 1.165) is 16.8 Å². The van der Waals surface area contributed by atoms with Crippen LogP contribution in [0.5, 0.6) is 0 Å². The number of aliphatic hydroxyl groups excluding tert-OH is 2. The van der Waals surface area contributed by atoms with Gasteiger partial charge in [-0.25, -0.2) is 4.79 Å². The topological polar surface area (TPSA) is 234 Å². The Morgan fingerprint density at radius 2 is 1.52 bits per heavy atom. The van der Waals surface area contributed by atoms with Crippen LogP contribution in [-0.4, -0.2) is 88.4 Å². The standard InChI is InChI=1S/C21H36N4O13P2/c1-5-34-39(32,35-6-2)21(40(33,36-7-3)37-8-4)24-13(26)9-11-22-18(30)17-15(28)16(29)19(38-17)25-12-10-14(27)23-20(25)31/h10,12,15-17,19,21,28-29H,5-9,11H2,1-4H3,(H,22,30)(H,24,26)(H,23,27,31)/t15?,16-,17+,19?/m1/s1. The summed E-state index contributed by atoms with van der Waals surface area (Å²) < 4.78 is 54.2. The van der Waals surface area contributed by atoms with Crippen molar-refractivity contribution in [2.24, 2.45) is 0 Å². The molecule has 4 atom stereocenters. The maximum atomic E-state index is 13.5. The number of ether oxygens (including phenoxy) is 1. The Morgan fingerprint density at radius 1 is 1.00 bits per heavy atom. The molecule has 0 spiro atoms. The van der Waals surface area contributed by atoms with Crippen LogP contribution in [0.15, 0.2) is 21.9 Å². The SMILES string of the molecule is CCOP(=O)(OCC)C(NC(=O)CCNC(=O)[C@H]1OC(n2ccc(=O)[nH]c2=O)[C@H](O)C1O)P(=O)(OCC)OCC. The Labute approximate surface area is 229 Å². The maximum absolute atomic E-state index is 13.5. The Kier molecular flexibility index (Phi) is 12.9. The number of rotatable bonds is 16. The summed E-state index contributed by atoms with van der Waals surface area (Å²) in [4.78, 5) is 50.7. The van der Waals surface area contributed by atoms with Crippen LogP contribution in [0.25, 0.3) is 0 Å². The van der Waals surface area contributed by atoms with Crippen LogP contribution in [0, 0.1) is 0 Å². The zero-order valence-electron chi connectivity index (χ0n) is 22.5. The molecule has 1 fully saturated rings. The number of H-pyrrole nitrogens is 1. The van der Waals surface area contributed by atoms with E-state index in [1.165, 1.54) is 27.7 Å². The molecule has 1 aromatic heterocycles. The highest BCUT2D eigenvalue weighted by atomic mass is 31.2. The Bertz CT molecular complexity index is 1170. The molecule has 1 aliphatic rings. The summed E-state index contributed by atoms with van der Waals surface area (Å²) in [6, 6.07) is 0.995. The van der Waals surface area contributed by atoms with Crippen molar-refractivity contribution in [1.82, 2.24) is 20.2 Å². The van der Waals surface area contributed by atoms with Gasteiger partial charge in [-0.1, -0.05) is 0 Å². The lowest BCUT2D eigenvalue weighted by atomic mass is 10.1. The normalized spacial score (nSPS) is 21.5. The monoisotopic (exact) mass is 614 g/mol. The van der Waals surface area contributed by atoms with Crippen LogP contribution in [0.2, 0.25) is 0 Å². The maximum Gasteiger partial charge on any atom is 0.365 e. The third-order valence-electron chi connectivity index (χ3n) is 5.40. The number of nitrogens with one attached hydrogen (secondary N) is 3. The predicted molar refractivity (Wildman–Crippen MR) is 139 cm³/mol. The molecule has 0 aromatic carbocycles. The lowest BCUT2D eigenvalue weighted by molar-refractivity contribution is -0.137. The van der Waals surface area contributed by atoms with Crippen molar-refractivity contribution in [3.8, 4) is 0 Å². The van der Waals surface area contributed by atoms with Gasteiger partial charge in [0.15, 0.2) is 12.3 Å². The van der Waals surface area contributed by atoms with Gasteiger partial charge < -0.3 is 43.7 Å². The summed E-state index contributed by atoms with van der Waals surface area (Å²) in [7, 11) is -8.51. The lowest BCUT2D eigenvalue weighted by Gasteiger charge is -2.31. The smallest absolute Gasteiger partial charge is 0.365 e. The number of carbonyl (C=O) groups excluding carboxylic acids is 2. The Balaban J connectivity index is 2.10. The molecule has 19 heteroatoms. The van der Waals surface area contributed by atoms with E-state index < -0.39 is 74.7 Å². The number of carbonyl (C=O) groups is 2. The molecule has 228 valence electrons. The number of aliphatic hydroxyl groups is 2. The Morgan fingerprint density at radius 3 is 2.00 bits per heavy atom. The molecule has 0 radical (unpaired) electrons. The number of aromatic amines is 1. The van der Waals surface area contributed by atoms with E-state index in [4.69, 9.17) is 22.8 Å². The van der Waals surface area contributed by atoms with Crippen molar-refractivity contribution < 1.29 is 51.8 Å². The van der Waals surface area contributed by atoms with Gasteiger partial charge in [-0.3, -0.25) is 33.1 Å². The van der Waals surface area contributed by atoms with Crippen molar-refractivity contribution in [1.29, 1.82) is 0 Å². The van der Waals surface area contributed by atoms with Crippen LogP contribution in [0.3, 0.4) is 0 Å². The molecule has 5 N–H and O–H groups in total. The van der Waals surface area contributed by atoms with E-state index >= 15 is 0 Å². The van der Waals surface area contributed by atoms with Crippen molar-refractivity contribution in [3.63, 3.8) is 0 Å². The third-order valence-corrected chi connectivity index (χ3v) is 11.0. The second kappa shape index (κ2) is 15.1. The fraction of sp³-hybridized carbons (Fsp3) is 0.714. The van der Waals surface area contributed by atoms with Crippen LogP contribution in [0.1, 0.15) is 40.3 Å². The number of amides is 2. The van der Waals surface area contributed by atoms with Crippen molar-refractivity contribution in [2.45, 2.75) is 64.2 Å². The van der Waals surface area contributed by atoms with Crippen molar-refractivity contribution in [2.75, 3.05) is 33.0 Å². The first-order valence-electron chi connectivity index (χ1n) is 12.5. The molecule has 1 aliphatic heterocycles. The number of hydrogen-bond acceptors (Lipinski definition) is 13. The van der Waals surface area contributed by atoms with Crippen LogP contribution < -0.4 is 21.9 Å². The van der Waals surface area contributed by atoms with E-state index in [9.17, 15) is 38.5 Å². The second-order valence-corrected chi connectivity index (χ2v) is 12.8. The van der Waals surface area contributed by atoms with E-state index in [2.05, 4.69) is 10.6 Å². The number of hydrogen-bond donors (Lipinski definition) is 5. The fourth-order valence-electron chi connectivity index (χ4n) is 3.76. The van der Waals surface area contributed by atoms with E-state index in [0.29, 0.717) is 0 Å². The van der Waals surface area contributed by atoms with Gasteiger partial charge in [-0.05, 0) is 27.7 Å². The minimum absolute atomic E-state index is 0.0975. The molecule has 17 nitrogen and oxygen atoms in total. The van der Waals surface area contributed by atoms with Gasteiger partial charge in [-0.15, -0.1) is 0 Å².